The molecule has 1 aromatic carbocycles. The van der Waals surface area contributed by atoms with E-state index in [0.29, 0.717) is 47.4 Å². The first kappa shape index (κ1) is 22.7. The molecule has 36 heavy (non-hydrogen) atoms. The van der Waals surface area contributed by atoms with Gasteiger partial charge in [0.05, 0.1) is 23.6 Å². The molecular formula is C25H22N8O3. The van der Waals surface area contributed by atoms with E-state index in [1.54, 1.807) is 24.7 Å². The molecule has 0 unspecified atom stereocenters. The lowest BCUT2D eigenvalue weighted by molar-refractivity contribution is -0.111. The second-order valence-electron chi connectivity index (χ2n) is 8.15. The highest BCUT2D eigenvalue weighted by Crippen LogP contribution is 2.28. The van der Waals surface area contributed by atoms with E-state index in [9.17, 15) is 9.59 Å². The van der Waals surface area contributed by atoms with Gasteiger partial charge in [-0.2, -0.15) is 0 Å². The maximum absolute atomic E-state index is 11.7. The number of aromatic nitrogens is 4. The van der Waals surface area contributed by atoms with Gasteiger partial charge in [-0.15, -0.1) is 0 Å². The molecule has 0 spiro atoms. The Morgan fingerprint density at radius 1 is 1.06 bits per heavy atom. The van der Waals surface area contributed by atoms with Gasteiger partial charge in [-0.1, -0.05) is 18.7 Å². The average molecular weight is 483 g/mol. The van der Waals surface area contributed by atoms with E-state index in [2.05, 4.69) is 42.5 Å². The average Bonchev–Trinajstić information content (AvgIpc) is 2.86. The molecule has 1 aliphatic rings. The quantitative estimate of drug-likeness (QED) is 0.289. The van der Waals surface area contributed by atoms with Crippen LogP contribution in [-0.4, -0.2) is 61.1 Å². The van der Waals surface area contributed by atoms with E-state index >= 15 is 0 Å². The number of nitrogens with zero attached hydrogens (tertiary/aromatic N) is 5. The molecular weight excluding hydrogens is 460 g/mol. The maximum atomic E-state index is 11.7. The van der Waals surface area contributed by atoms with Crippen LogP contribution in [0.1, 0.15) is 0 Å². The van der Waals surface area contributed by atoms with Gasteiger partial charge in [0, 0.05) is 42.1 Å². The number of nitrogens with one attached hydrogen (secondary N) is 3. The number of pyridine rings is 2. The van der Waals surface area contributed by atoms with E-state index in [-0.39, 0.29) is 11.9 Å². The van der Waals surface area contributed by atoms with Crippen LogP contribution in [0.3, 0.4) is 0 Å². The Morgan fingerprint density at radius 3 is 2.67 bits per heavy atom. The third-order valence-corrected chi connectivity index (χ3v) is 5.61. The van der Waals surface area contributed by atoms with Crippen molar-refractivity contribution in [2.45, 2.75) is 6.04 Å². The highest BCUT2D eigenvalue weighted by Gasteiger charge is 2.30. The molecule has 1 saturated heterocycles. The second kappa shape index (κ2) is 9.66. The van der Waals surface area contributed by atoms with Gasteiger partial charge in [0.25, 0.3) is 0 Å². The van der Waals surface area contributed by atoms with Crippen molar-refractivity contribution in [1.29, 1.82) is 0 Å². The van der Waals surface area contributed by atoms with Crippen molar-refractivity contribution >= 4 is 46.0 Å². The fraction of sp³-hybridized carbons (Fsp3) is 0.120. The first-order valence-corrected chi connectivity index (χ1v) is 11.1. The number of carboxylic acid groups (broad SMARTS) is 1. The lowest BCUT2D eigenvalue weighted by atomic mass is 10.1. The summed E-state index contributed by atoms with van der Waals surface area (Å²) in [5, 5.41) is 18.9. The van der Waals surface area contributed by atoms with Crippen LogP contribution in [0.4, 0.5) is 27.9 Å². The molecule has 180 valence electrons. The van der Waals surface area contributed by atoms with E-state index in [0.717, 1.165) is 10.9 Å². The van der Waals surface area contributed by atoms with Crippen molar-refractivity contribution in [2.75, 3.05) is 29.0 Å². The Bertz CT molecular complexity index is 1450. The highest BCUT2D eigenvalue weighted by molar-refractivity contribution is 5.99. The van der Waals surface area contributed by atoms with Gasteiger partial charge >= 0.3 is 6.09 Å². The molecule has 0 saturated carbocycles. The third kappa shape index (κ3) is 4.89. The first-order chi connectivity index (χ1) is 17.5. The molecule has 11 heteroatoms. The van der Waals surface area contributed by atoms with Crippen LogP contribution in [0, 0.1) is 0 Å². The van der Waals surface area contributed by atoms with Gasteiger partial charge in [-0.05, 0) is 36.4 Å². The van der Waals surface area contributed by atoms with Crippen molar-refractivity contribution in [3.8, 4) is 11.3 Å². The molecule has 0 aliphatic carbocycles. The molecule has 0 bridgehead atoms. The summed E-state index contributed by atoms with van der Waals surface area (Å²) in [7, 11) is 0. The smallest absolute Gasteiger partial charge is 0.407 e. The molecule has 1 fully saturated rings. The summed E-state index contributed by atoms with van der Waals surface area (Å²) in [4.78, 5) is 41.9. The van der Waals surface area contributed by atoms with Crippen LogP contribution in [0.25, 0.3) is 22.2 Å². The molecule has 5 rings (SSSR count). The van der Waals surface area contributed by atoms with Crippen LogP contribution in [0.15, 0.2) is 73.7 Å². The summed E-state index contributed by atoms with van der Waals surface area (Å²) < 4.78 is 0. The highest BCUT2D eigenvalue weighted by atomic mass is 16.4. The van der Waals surface area contributed by atoms with Crippen molar-refractivity contribution in [1.82, 2.24) is 24.8 Å². The molecule has 0 radical (unpaired) electrons. The topological polar surface area (TPSA) is 145 Å². The number of fused-ring (bicyclic) bond motifs is 1. The fourth-order valence-electron chi connectivity index (χ4n) is 3.78. The molecule has 11 nitrogen and oxygen atoms in total. The minimum absolute atomic E-state index is 0.0470. The predicted octanol–water partition coefficient (Wildman–Crippen LogP) is 3.73. The standard InChI is InChI=1S/C25H22N8O3/c1-2-21(34)30-17-5-3-4-15(10-17)22-23-16(8-9-26-22)11-28-24(32-23)31-18-6-7-20(27-12-18)29-19-13-33(14-19)25(35)36/h2-12,19H,1,13-14H2,(H,27,29)(H,30,34)(H,35,36)(H,28,31,32). The predicted molar refractivity (Wildman–Crippen MR) is 136 cm³/mol. The zero-order valence-electron chi connectivity index (χ0n) is 19.0. The van der Waals surface area contributed by atoms with Gasteiger partial charge in [0.15, 0.2) is 0 Å². The van der Waals surface area contributed by atoms with Gasteiger partial charge < -0.3 is 26.0 Å². The lowest BCUT2D eigenvalue weighted by Crippen LogP contribution is -2.56. The SMILES string of the molecule is C=CC(=O)Nc1cccc(-c2nccc3cnc(Nc4ccc(NC5CN(C(=O)O)C5)nc4)nc23)c1. The number of carbonyl (C=O) groups excluding carboxylic acids is 1. The summed E-state index contributed by atoms with van der Waals surface area (Å²) in [5.74, 6) is 0.744. The van der Waals surface area contributed by atoms with Crippen LogP contribution in [0.2, 0.25) is 0 Å². The number of rotatable bonds is 7. The number of carbonyl (C=O) groups is 2. The Hall–Kier alpha value is -5.06. The molecule has 4 aromatic rings. The number of benzene rings is 1. The van der Waals surface area contributed by atoms with Crippen molar-refractivity contribution in [2.24, 2.45) is 0 Å². The zero-order valence-corrected chi connectivity index (χ0v) is 19.0. The minimum Gasteiger partial charge on any atom is -0.465 e. The lowest BCUT2D eigenvalue weighted by Gasteiger charge is -2.37. The molecule has 2 amide bonds. The molecule has 4 N–H and O–H groups in total. The van der Waals surface area contributed by atoms with Gasteiger partial charge in [0.2, 0.25) is 11.9 Å². The molecule has 4 heterocycles. The van der Waals surface area contributed by atoms with E-state index in [4.69, 9.17) is 5.11 Å². The largest absolute Gasteiger partial charge is 0.465 e. The van der Waals surface area contributed by atoms with Crippen LogP contribution in [-0.2, 0) is 4.79 Å². The van der Waals surface area contributed by atoms with Crippen molar-refractivity contribution < 1.29 is 14.7 Å². The first-order valence-electron chi connectivity index (χ1n) is 11.1. The minimum atomic E-state index is -0.915. The normalized spacial score (nSPS) is 13.1. The zero-order chi connectivity index (χ0) is 25.1. The van der Waals surface area contributed by atoms with Crippen molar-refractivity contribution in [3.05, 3.63) is 73.7 Å². The van der Waals surface area contributed by atoms with E-state index in [1.807, 2.05) is 36.4 Å². The van der Waals surface area contributed by atoms with Gasteiger partial charge in [-0.25, -0.2) is 19.7 Å². The second-order valence-corrected chi connectivity index (χ2v) is 8.15. The van der Waals surface area contributed by atoms with E-state index < -0.39 is 6.09 Å². The molecule has 0 atom stereocenters. The number of likely N-dealkylation sites (tertiary alicyclic amines) is 1. The number of amides is 2. The number of hydrogen-bond acceptors (Lipinski definition) is 8. The maximum Gasteiger partial charge on any atom is 0.407 e. The number of anilines is 4. The molecule has 3 aromatic heterocycles. The van der Waals surface area contributed by atoms with Gasteiger partial charge in [-0.3, -0.25) is 9.78 Å². The van der Waals surface area contributed by atoms with Crippen LogP contribution < -0.4 is 16.0 Å². The molecule has 1 aliphatic heterocycles. The summed E-state index contributed by atoms with van der Waals surface area (Å²) in [6.45, 7) is 4.34. The van der Waals surface area contributed by atoms with Crippen LogP contribution in [0.5, 0.6) is 0 Å². The van der Waals surface area contributed by atoms with Gasteiger partial charge in [0.1, 0.15) is 11.3 Å². The summed E-state index contributed by atoms with van der Waals surface area (Å²) >= 11 is 0. The third-order valence-electron chi connectivity index (χ3n) is 5.61. The van der Waals surface area contributed by atoms with E-state index in [1.165, 1.54) is 11.0 Å². The van der Waals surface area contributed by atoms with Crippen molar-refractivity contribution in [3.63, 3.8) is 0 Å². The summed E-state index contributed by atoms with van der Waals surface area (Å²) in [6.07, 6.45) is 5.36. The Labute approximate surface area is 205 Å². The Morgan fingerprint density at radius 2 is 1.92 bits per heavy atom. The Balaban J connectivity index is 1.33. The fourth-order valence-corrected chi connectivity index (χ4v) is 3.78. The monoisotopic (exact) mass is 482 g/mol. The van der Waals surface area contributed by atoms with Crippen LogP contribution >= 0.6 is 0 Å². The summed E-state index contributed by atoms with van der Waals surface area (Å²) in [5.41, 5.74) is 3.42. The Kier molecular flexibility index (Phi) is 6.10. The number of hydrogen-bond donors (Lipinski definition) is 4. The summed E-state index contributed by atoms with van der Waals surface area (Å²) in [6, 6.07) is 12.9.